The number of thioether (sulfide) groups is 1. The van der Waals surface area contributed by atoms with Crippen molar-refractivity contribution < 1.29 is 9.21 Å². The fourth-order valence-corrected chi connectivity index (χ4v) is 3.68. The molecule has 1 aliphatic carbocycles. The van der Waals surface area contributed by atoms with Gasteiger partial charge in [0.05, 0.1) is 6.54 Å². The molecule has 1 aromatic heterocycles. The number of nitrogens with one attached hydrogen (secondary N) is 2. The predicted octanol–water partition coefficient (Wildman–Crippen LogP) is 2.37. The maximum Gasteiger partial charge on any atom is 0.284 e. The first-order chi connectivity index (χ1) is 12.1. The first-order valence-corrected chi connectivity index (χ1v) is 8.99. The molecule has 1 aromatic carbocycles. The summed E-state index contributed by atoms with van der Waals surface area (Å²) in [5.74, 6) is 0.937. The van der Waals surface area contributed by atoms with E-state index in [-0.39, 0.29) is 10.5 Å². The number of furan rings is 1. The molecule has 132 valence electrons. The molecule has 1 amide bonds. The Morgan fingerprint density at radius 1 is 1.24 bits per heavy atom. The van der Waals surface area contributed by atoms with Crippen LogP contribution in [-0.2, 0) is 6.54 Å². The summed E-state index contributed by atoms with van der Waals surface area (Å²) in [7, 11) is 1.73. The molecule has 0 aliphatic heterocycles. The van der Waals surface area contributed by atoms with E-state index in [9.17, 15) is 4.79 Å². The standard InChI is InChI=1S/C18H22N4O2S/c1-20-17(21-11-13-7-8-15(24-13)16(19)23)22-12-18(9-10-18)25-14-5-3-2-4-6-14/h2-8H,9-12H2,1H3,(H2,19,23)(H2,20,21,22). The van der Waals surface area contributed by atoms with Gasteiger partial charge in [0.15, 0.2) is 11.7 Å². The Morgan fingerprint density at radius 2 is 2.00 bits per heavy atom. The van der Waals surface area contributed by atoms with Gasteiger partial charge in [0.2, 0.25) is 0 Å². The van der Waals surface area contributed by atoms with Gasteiger partial charge in [-0.2, -0.15) is 0 Å². The third-order valence-corrected chi connectivity index (χ3v) is 5.51. The van der Waals surface area contributed by atoms with Crippen LogP contribution in [0.2, 0.25) is 0 Å². The van der Waals surface area contributed by atoms with Crippen molar-refractivity contribution in [3.63, 3.8) is 0 Å². The molecule has 1 heterocycles. The Bertz CT molecular complexity index is 753. The maximum absolute atomic E-state index is 11.0. The lowest BCUT2D eigenvalue weighted by molar-refractivity contribution is 0.0972. The molecule has 1 fully saturated rings. The lowest BCUT2D eigenvalue weighted by Crippen LogP contribution is -2.40. The molecule has 0 bridgehead atoms. The molecule has 6 nitrogen and oxygen atoms in total. The van der Waals surface area contributed by atoms with Crippen LogP contribution in [-0.4, -0.2) is 30.2 Å². The van der Waals surface area contributed by atoms with Crippen molar-refractivity contribution in [2.45, 2.75) is 29.0 Å². The van der Waals surface area contributed by atoms with Gasteiger partial charge in [-0.25, -0.2) is 0 Å². The zero-order valence-electron chi connectivity index (χ0n) is 14.1. The number of hydrogen-bond donors (Lipinski definition) is 3. The van der Waals surface area contributed by atoms with E-state index >= 15 is 0 Å². The first kappa shape index (κ1) is 17.4. The van der Waals surface area contributed by atoms with Crippen LogP contribution >= 0.6 is 11.8 Å². The molecule has 4 N–H and O–H groups in total. The average Bonchev–Trinajstić information content (AvgIpc) is 3.20. The number of benzene rings is 1. The van der Waals surface area contributed by atoms with E-state index in [4.69, 9.17) is 10.2 Å². The summed E-state index contributed by atoms with van der Waals surface area (Å²) in [6.45, 7) is 1.28. The zero-order chi connectivity index (χ0) is 17.7. The minimum absolute atomic E-state index is 0.163. The smallest absolute Gasteiger partial charge is 0.284 e. The second-order valence-corrected chi connectivity index (χ2v) is 7.55. The second kappa shape index (κ2) is 7.65. The Morgan fingerprint density at radius 3 is 2.60 bits per heavy atom. The summed E-state index contributed by atoms with van der Waals surface area (Å²) in [5.41, 5.74) is 5.18. The summed E-state index contributed by atoms with van der Waals surface area (Å²) in [6, 6.07) is 13.8. The zero-order valence-corrected chi connectivity index (χ0v) is 14.9. The number of aliphatic imine (C=N–C) groups is 1. The number of carbonyl (C=O) groups is 1. The lowest BCUT2D eigenvalue weighted by atomic mass is 10.4. The highest BCUT2D eigenvalue weighted by Crippen LogP contribution is 2.51. The van der Waals surface area contributed by atoms with Crippen LogP contribution in [0.25, 0.3) is 0 Å². The van der Waals surface area contributed by atoms with Gasteiger partial charge >= 0.3 is 0 Å². The second-order valence-electron chi connectivity index (χ2n) is 6.01. The Hall–Kier alpha value is -2.41. The minimum Gasteiger partial charge on any atom is -0.454 e. The van der Waals surface area contributed by atoms with Crippen LogP contribution in [0.15, 0.2) is 56.8 Å². The van der Waals surface area contributed by atoms with Gasteiger partial charge in [-0.1, -0.05) is 18.2 Å². The molecule has 1 saturated carbocycles. The van der Waals surface area contributed by atoms with Crippen molar-refractivity contribution in [2.24, 2.45) is 10.7 Å². The van der Waals surface area contributed by atoms with E-state index in [1.165, 1.54) is 17.7 Å². The molecule has 7 heteroatoms. The fourth-order valence-electron chi connectivity index (χ4n) is 2.43. The highest BCUT2D eigenvalue weighted by atomic mass is 32.2. The number of primary amides is 1. The fraction of sp³-hybridized carbons (Fsp3) is 0.333. The highest BCUT2D eigenvalue weighted by Gasteiger charge is 2.43. The van der Waals surface area contributed by atoms with Crippen LogP contribution in [0.5, 0.6) is 0 Å². The summed E-state index contributed by atoms with van der Waals surface area (Å²) < 4.78 is 5.59. The summed E-state index contributed by atoms with van der Waals surface area (Å²) in [6.07, 6.45) is 2.38. The summed E-state index contributed by atoms with van der Waals surface area (Å²) in [5, 5.41) is 6.56. The van der Waals surface area contributed by atoms with Crippen LogP contribution in [0.4, 0.5) is 0 Å². The molecule has 0 unspecified atom stereocenters. The molecule has 0 radical (unpaired) electrons. The minimum atomic E-state index is -0.567. The van der Waals surface area contributed by atoms with E-state index in [0.717, 1.165) is 6.54 Å². The number of carbonyl (C=O) groups excluding carboxylic acids is 1. The molecule has 2 aromatic rings. The third-order valence-electron chi connectivity index (χ3n) is 4.02. The van der Waals surface area contributed by atoms with Crippen LogP contribution < -0.4 is 16.4 Å². The van der Waals surface area contributed by atoms with Crippen molar-refractivity contribution in [1.29, 1.82) is 0 Å². The number of guanidine groups is 1. The molecule has 0 spiro atoms. The first-order valence-electron chi connectivity index (χ1n) is 8.17. The Kier molecular flexibility index (Phi) is 5.33. The molecule has 1 aliphatic rings. The Balaban J connectivity index is 1.48. The average molecular weight is 358 g/mol. The normalized spacial score (nSPS) is 15.6. The monoisotopic (exact) mass is 358 g/mol. The van der Waals surface area contributed by atoms with Gasteiger partial charge in [-0.15, -0.1) is 11.8 Å². The van der Waals surface area contributed by atoms with E-state index in [0.29, 0.717) is 18.3 Å². The topological polar surface area (TPSA) is 92.6 Å². The van der Waals surface area contributed by atoms with Gasteiger partial charge in [0, 0.05) is 23.2 Å². The van der Waals surface area contributed by atoms with Crippen molar-refractivity contribution in [2.75, 3.05) is 13.6 Å². The number of amides is 1. The van der Waals surface area contributed by atoms with Crippen LogP contribution in [0.1, 0.15) is 29.2 Å². The highest BCUT2D eigenvalue weighted by molar-refractivity contribution is 8.01. The summed E-state index contributed by atoms with van der Waals surface area (Å²) in [4.78, 5) is 16.6. The van der Waals surface area contributed by atoms with Crippen molar-refractivity contribution in [3.05, 3.63) is 54.0 Å². The molecule has 25 heavy (non-hydrogen) atoms. The third kappa shape index (κ3) is 4.79. The van der Waals surface area contributed by atoms with Crippen molar-refractivity contribution in [3.8, 4) is 0 Å². The lowest BCUT2D eigenvalue weighted by Gasteiger charge is -2.18. The van der Waals surface area contributed by atoms with Crippen LogP contribution in [0.3, 0.4) is 0 Å². The van der Waals surface area contributed by atoms with Gasteiger partial charge in [0.1, 0.15) is 5.76 Å². The van der Waals surface area contributed by atoms with Gasteiger partial charge in [-0.05, 0) is 37.1 Å². The van der Waals surface area contributed by atoms with Crippen molar-refractivity contribution in [1.82, 2.24) is 10.6 Å². The van der Waals surface area contributed by atoms with E-state index in [2.05, 4.69) is 39.9 Å². The van der Waals surface area contributed by atoms with E-state index in [1.54, 1.807) is 19.2 Å². The number of nitrogens with zero attached hydrogens (tertiary/aromatic N) is 1. The summed E-state index contributed by atoms with van der Waals surface area (Å²) >= 11 is 1.92. The molecule has 3 rings (SSSR count). The molecule has 0 atom stereocenters. The van der Waals surface area contributed by atoms with Crippen molar-refractivity contribution >= 4 is 23.6 Å². The number of nitrogens with two attached hydrogens (primary N) is 1. The quantitative estimate of drug-likeness (QED) is 0.522. The molecular formula is C18H22N4O2S. The largest absolute Gasteiger partial charge is 0.454 e. The van der Waals surface area contributed by atoms with Crippen LogP contribution in [0, 0.1) is 0 Å². The van der Waals surface area contributed by atoms with E-state index < -0.39 is 5.91 Å². The van der Waals surface area contributed by atoms with Gasteiger partial charge < -0.3 is 20.8 Å². The SMILES string of the molecule is CN=C(NCc1ccc(C(N)=O)o1)NCC1(Sc2ccccc2)CC1. The number of rotatable bonds is 7. The predicted molar refractivity (Wildman–Crippen MR) is 99.7 cm³/mol. The molecule has 0 saturated heterocycles. The molecular weight excluding hydrogens is 336 g/mol. The van der Waals surface area contributed by atoms with Gasteiger partial charge in [0.25, 0.3) is 5.91 Å². The van der Waals surface area contributed by atoms with Gasteiger partial charge in [-0.3, -0.25) is 9.79 Å². The van der Waals surface area contributed by atoms with E-state index in [1.807, 2.05) is 17.8 Å². The Labute approximate surface area is 151 Å². The number of hydrogen-bond acceptors (Lipinski definition) is 4. The maximum atomic E-state index is 11.0.